The highest BCUT2D eigenvalue weighted by atomic mass is 35.5. The molecule has 0 spiro atoms. The van der Waals surface area contributed by atoms with Gasteiger partial charge in [0.2, 0.25) is 5.95 Å². The lowest BCUT2D eigenvalue weighted by Crippen LogP contribution is -2.00. The minimum Gasteiger partial charge on any atom is -0.258 e. The number of nitro benzene ring substituents is 1. The zero-order valence-electron chi connectivity index (χ0n) is 15.0. The van der Waals surface area contributed by atoms with Crippen LogP contribution in [0.25, 0.3) is 22.2 Å². The molecule has 1 aromatic heterocycles. The van der Waals surface area contributed by atoms with E-state index < -0.39 is 4.92 Å². The molecule has 3 aromatic carbocycles. The lowest BCUT2D eigenvalue weighted by atomic mass is 10.1. The molecule has 4 aromatic rings. The standard InChI is InChI=1S/C21H14ClN5O2/c22-16-9-10-19-18(12-16)20(15-6-2-1-3-7-15)25-21(24-19)26-23-13-14-5-4-8-17(11-14)27(28)29/h1-13H,(H,24,25,26)/b23-13+. The SMILES string of the molecule is O=[N+]([O-])c1cccc(/C=N/Nc2nc(-c3ccccc3)c3cc(Cl)ccc3n2)c1. The zero-order chi connectivity index (χ0) is 20.2. The number of benzene rings is 3. The number of hydrogen-bond donors (Lipinski definition) is 1. The third-order valence-electron chi connectivity index (χ3n) is 4.16. The maximum Gasteiger partial charge on any atom is 0.270 e. The molecule has 0 saturated carbocycles. The van der Waals surface area contributed by atoms with Crippen molar-refractivity contribution in [1.29, 1.82) is 0 Å². The molecule has 0 aliphatic rings. The summed E-state index contributed by atoms with van der Waals surface area (Å²) in [6.45, 7) is 0. The molecule has 0 unspecified atom stereocenters. The largest absolute Gasteiger partial charge is 0.270 e. The van der Waals surface area contributed by atoms with Gasteiger partial charge in [-0.3, -0.25) is 10.1 Å². The van der Waals surface area contributed by atoms with Crippen molar-refractivity contribution in [3.63, 3.8) is 0 Å². The van der Waals surface area contributed by atoms with Crippen LogP contribution in [0.5, 0.6) is 0 Å². The zero-order valence-corrected chi connectivity index (χ0v) is 15.7. The predicted octanol–water partition coefficient (Wildman–Crippen LogP) is 5.30. The van der Waals surface area contributed by atoms with Crippen molar-refractivity contribution >= 4 is 40.4 Å². The Morgan fingerprint density at radius 3 is 2.62 bits per heavy atom. The van der Waals surface area contributed by atoms with E-state index in [0.29, 0.717) is 16.5 Å². The fraction of sp³-hybridized carbons (Fsp3) is 0. The molecule has 0 aliphatic carbocycles. The lowest BCUT2D eigenvalue weighted by Gasteiger charge is -2.09. The van der Waals surface area contributed by atoms with Gasteiger partial charge in [-0.1, -0.05) is 54.1 Å². The number of anilines is 1. The van der Waals surface area contributed by atoms with Crippen LogP contribution in [0.1, 0.15) is 5.56 Å². The molecule has 0 atom stereocenters. The van der Waals surface area contributed by atoms with Gasteiger partial charge in [-0.05, 0) is 18.2 Å². The first-order valence-corrected chi connectivity index (χ1v) is 9.04. The number of hydrazone groups is 1. The highest BCUT2D eigenvalue weighted by molar-refractivity contribution is 6.31. The summed E-state index contributed by atoms with van der Waals surface area (Å²) in [5.41, 5.74) is 5.76. The summed E-state index contributed by atoms with van der Waals surface area (Å²) >= 11 is 6.16. The summed E-state index contributed by atoms with van der Waals surface area (Å²) in [6.07, 6.45) is 1.48. The van der Waals surface area contributed by atoms with E-state index in [0.717, 1.165) is 22.2 Å². The fourth-order valence-electron chi connectivity index (χ4n) is 2.85. The Morgan fingerprint density at radius 2 is 1.83 bits per heavy atom. The van der Waals surface area contributed by atoms with Gasteiger partial charge in [-0.25, -0.2) is 15.4 Å². The van der Waals surface area contributed by atoms with Crippen molar-refractivity contribution < 1.29 is 4.92 Å². The molecule has 1 N–H and O–H groups in total. The minimum atomic E-state index is -0.450. The summed E-state index contributed by atoms with van der Waals surface area (Å²) in [7, 11) is 0. The van der Waals surface area contributed by atoms with E-state index >= 15 is 0 Å². The van der Waals surface area contributed by atoms with Crippen LogP contribution >= 0.6 is 11.6 Å². The van der Waals surface area contributed by atoms with Gasteiger partial charge in [-0.15, -0.1) is 0 Å². The molecule has 7 nitrogen and oxygen atoms in total. The Bertz CT molecular complexity index is 1230. The summed E-state index contributed by atoms with van der Waals surface area (Å²) in [5.74, 6) is 0.306. The van der Waals surface area contributed by atoms with Gasteiger partial charge >= 0.3 is 0 Å². The molecule has 1 heterocycles. The van der Waals surface area contributed by atoms with Crippen LogP contribution in [-0.2, 0) is 0 Å². The van der Waals surface area contributed by atoms with Gasteiger partial charge in [0.05, 0.1) is 22.3 Å². The first-order chi connectivity index (χ1) is 14.1. The average molecular weight is 404 g/mol. The number of aromatic nitrogens is 2. The first kappa shape index (κ1) is 18.5. The second kappa shape index (κ2) is 8.04. The van der Waals surface area contributed by atoms with Crippen molar-refractivity contribution in [2.45, 2.75) is 0 Å². The molecule has 0 saturated heterocycles. The van der Waals surface area contributed by atoms with Crippen LogP contribution < -0.4 is 5.43 Å². The Morgan fingerprint density at radius 1 is 1.00 bits per heavy atom. The average Bonchev–Trinajstić information content (AvgIpc) is 2.74. The predicted molar refractivity (Wildman–Crippen MR) is 114 cm³/mol. The molecular weight excluding hydrogens is 390 g/mol. The molecule has 0 aliphatic heterocycles. The number of nitro groups is 1. The Kier molecular flexibility index (Phi) is 5.13. The van der Waals surface area contributed by atoms with Crippen LogP contribution in [0, 0.1) is 10.1 Å². The monoisotopic (exact) mass is 403 g/mol. The van der Waals surface area contributed by atoms with Gasteiger partial charge in [-0.2, -0.15) is 5.10 Å². The molecular formula is C21H14ClN5O2. The van der Waals surface area contributed by atoms with Crippen LogP contribution in [0.15, 0.2) is 77.9 Å². The Labute approximate surface area is 170 Å². The van der Waals surface area contributed by atoms with E-state index in [9.17, 15) is 10.1 Å². The van der Waals surface area contributed by atoms with E-state index in [1.165, 1.54) is 18.3 Å². The molecule has 0 fully saturated rings. The van der Waals surface area contributed by atoms with Gasteiger partial charge in [0, 0.05) is 33.7 Å². The van der Waals surface area contributed by atoms with E-state index in [2.05, 4.69) is 20.5 Å². The highest BCUT2D eigenvalue weighted by Gasteiger charge is 2.10. The molecule has 8 heteroatoms. The number of nitrogens with zero attached hydrogens (tertiary/aromatic N) is 4. The lowest BCUT2D eigenvalue weighted by molar-refractivity contribution is -0.384. The molecule has 142 valence electrons. The van der Waals surface area contributed by atoms with E-state index in [1.807, 2.05) is 42.5 Å². The number of nitrogens with one attached hydrogen (secondary N) is 1. The van der Waals surface area contributed by atoms with Crippen molar-refractivity contribution in [2.75, 3.05) is 5.43 Å². The summed E-state index contributed by atoms with van der Waals surface area (Å²) in [5, 5.41) is 16.4. The minimum absolute atomic E-state index is 0.000789. The second-order valence-corrected chi connectivity index (χ2v) is 6.58. The number of hydrogen-bond acceptors (Lipinski definition) is 6. The Balaban J connectivity index is 1.69. The molecule has 29 heavy (non-hydrogen) atoms. The summed E-state index contributed by atoms with van der Waals surface area (Å²) < 4.78 is 0. The number of non-ortho nitro benzene ring substituents is 1. The van der Waals surface area contributed by atoms with Gasteiger partial charge in [0.1, 0.15) is 0 Å². The quantitative estimate of drug-likeness (QED) is 0.277. The Hall–Kier alpha value is -3.84. The maximum absolute atomic E-state index is 10.9. The highest BCUT2D eigenvalue weighted by Crippen LogP contribution is 2.29. The van der Waals surface area contributed by atoms with Crippen LogP contribution in [0.4, 0.5) is 11.6 Å². The van der Waals surface area contributed by atoms with Crippen molar-refractivity contribution in [1.82, 2.24) is 9.97 Å². The molecule has 0 amide bonds. The topological polar surface area (TPSA) is 93.3 Å². The van der Waals surface area contributed by atoms with E-state index in [4.69, 9.17) is 11.6 Å². The van der Waals surface area contributed by atoms with E-state index in [-0.39, 0.29) is 5.69 Å². The molecule has 0 bridgehead atoms. The third-order valence-corrected chi connectivity index (χ3v) is 4.40. The molecule has 0 radical (unpaired) electrons. The fourth-order valence-corrected chi connectivity index (χ4v) is 3.02. The smallest absolute Gasteiger partial charge is 0.258 e. The molecule has 4 rings (SSSR count). The number of halogens is 1. The van der Waals surface area contributed by atoms with E-state index in [1.54, 1.807) is 18.2 Å². The van der Waals surface area contributed by atoms with Gasteiger partial charge in [0.15, 0.2) is 0 Å². The second-order valence-electron chi connectivity index (χ2n) is 6.15. The number of fused-ring (bicyclic) bond motifs is 1. The van der Waals surface area contributed by atoms with Gasteiger partial charge in [0.25, 0.3) is 5.69 Å². The summed E-state index contributed by atoms with van der Waals surface area (Å²) in [6, 6.07) is 21.3. The van der Waals surface area contributed by atoms with Crippen LogP contribution in [0.3, 0.4) is 0 Å². The first-order valence-electron chi connectivity index (χ1n) is 8.66. The van der Waals surface area contributed by atoms with Crippen molar-refractivity contribution in [2.24, 2.45) is 5.10 Å². The summed E-state index contributed by atoms with van der Waals surface area (Å²) in [4.78, 5) is 19.5. The normalized spacial score (nSPS) is 11.1. The van der Waals surface area contributed by atoms with Crippen molar-refractivity contribution in [3.05, 3.63) is 93.5 Å². The van der Waals surface area contributed by atoms with Crippen LogP contribution in [-0.4, -0.2) is 21.1 Å². The maximum atomic E-state index is 10.9. The number of rotatable bonds is 5. The van der Waals surface area contributed by atoms with Gasteiger partial charge < -0.3 is 0 Å². The van der Waals surface area contributed by atoms with Crippen molar-refractivity contribution in [3.8, 4) is 11.3 Å². The van der Waals surface area contributed by atoms with Crippen LogP contribution in [0.2, 0.25) is 5.02 Å². The third kappa shape index (κ3) is 4.20.